The van der Waals surface area contributed by atoms with E-state index in [1.807, 2.05) is 0 Å². The van der Waals surface area contributed by atoms with Crippen molar-refractivity contribution in [1.82, 2.24) is 10.6 Å². The lowest BCUT2D eigenvalue weighted by molar-refractivity contribution is -0.141. The summed E-state index contributed by atoms with van der Waals surface area (Å²) in [5.74, 6) is -1.22. The van der Waals surface area contributed by atoms with E-state index in [-0.39, 0.29) is 5.91 Å². The zero-order valence-electron chi connectivity index (χ0n) is 8.25. The third-order valence-electron chi connectivity index (χ3n) is 2.11. The standard InChI is InChI=1S/C9H16N2O3/c1-6(9(13)14)11-8(12)4-5-10-7-2-3-7/h6-7,10H,2-5H2,1H3,(H,11,12)(H,13,14)/t6-/m1/s1. The Balaban J connectivity index is 2.05. The number of nitrogens with one attached hydrogen (secondary N) is 2. The van der Waals surface area contributed by atoms with Crippen LogP contribution in [0.4, 0.5) is 0 Å². The van der Waals surface area contributed by atoms with Gasteiger partial charge in [-0.05, 0) is 19.8 Å². The molecule has 1 rings (SSSR count). The second-order valence-corrected chi connectivity index (χ2v) is 3.61. The van der Waals surface area contributed by atoms with Crippen LogP contribution in [0.25, 0.3) is 0 Å². The molecular formula is C9H16N2O3. The van der Waals surface area contributed by atoms with Gasteiger partial charge in [0.25, 0.3) is 0 Å². The smallest absolute Gasteiger partial charge is 0.325 e. The summed E-state index contributed by atoms with van der Waals surface area (Å²) in [5.41, 5.74) is 0. The van der Waals surface area contributed by atoms with Crippen LogP contribution in [0, 0.1) is 0 Å². The molecule has 5 heteroatoms. The second-order valence-electron chi connectivity index (χ2n) is 3.61. The van der Waals surface area contributed by atoms with E-state index in [0.717, 1.165) is 0 Å². The molecule has 0 heterocycles. The molecule has 1 fully saturated rings. The van der Waals surface area contributed by atoms with Crippen LogP contribution in [0.3, 0.4) is 0 Å². The Bertz CT molecular complexity index is 226. The topological polar surface area (TPSA) is 78.4 Å². The summed E-state index contributed by atoms with van der Waals surface area (Å²) in [6.45, 7) is 2.08. The van der Waals surface area contributed by atoms with Crippen LogP contribution >= 0.6 is 0 Å². The van der Waals surface area contributed by atoms with Gasteiger partial charge in [-0.3, -0.25) is 9.59 Å². The monoisotopic (exact) mass is 200 g/mol. The summed E-state index contributed by atoms with van der Waals surface area (Å²) in [6.07, 6.45) is 2.72. The molecule has 80 valence electrons. The van der Waals surface area contributed by atoms with E-state index in [1.54, 1.807) is 0 Å². The third-order valence-corrected chi connectivity index (χ3v) is 2.11. The van der Waals surface area contributed by atoms with Crippen molar-refractivity contribution in [1.29, 1.82) is 0 Å². The van der Waals surface area contributed by atoms with E-state index in [0.29, 0.717) is 19.0 Å². The summed E-state index contributed by atoms with van der Waals surface area (Å²) in [6, 6.07) is -0.219. The fourth-order valence-electron chi connectivity index (χ4n) is 1.05. The predicted molar refractivity (Wildman–Crippen MR) is 50.9 cm³/mol. The summed E-state index contributed by atoms with van der Waals surface area (Å²) in [7, 11) is 0. The van der Waals surface area contributed by atoms with Crippen LogP contribution in [0.15, 0.2) is 0 Å². The van der Waals surface area contributed by atoms with Gasteiger partial charge in [-0.2, -0.15) is 0 Å². The molecule has 1 saturated carbocycles. The number of carbonyl (C=O) groups is 2. The van der Waals surface area contributed by atoms with E-state index < -0.39 is 12.0 Å². The van der Waals surface area contributed by atoms with Gasteiger partial charge in [0.1, 0.15) is 6.04 Å². The fraction of sp³-hybridized carbons (Fsp3) is 0.778. The van der Waals surface area contributed by atoms with Crippen LogP contribution in [0.5, 0.6) is 0 Å². The zero-order chi connectivity index (χ0) is 10.6. The predicted octanol–water partition coefficient (Wildman–Crippen LogP) is -0.282. The number of rotatable bonds is 6. The van der Waals surface area contributed by atoms with E-state index in [4.69, 9.17) is 5.11 Å². The lowest BCUT2D eigenvalue weighted by atomic mass is 10.3. The number of carboxylic acids is 1. The first-order valence-corrected chi connectivity index (χ1v) is 4.85. The first-order valence-electron chi connectivity index (χ1n) is 4.85. The van der Waals surface area contributed by atoms with Crippen molar-refractivity contribution in [3.05, 3.63) is 0 Å². The number of hydrogen-bond donors (Lipinski definition) is 3. The molecule has 0 saturated heterocycles. The Morgan fingerprint density at radius 1 is 1.50 bits per heavy atom. The molecular weight excluding hydrogens is 184 g/mol. The molecule has 5 nitrogen and oxygen atoms in total. The van der Waals surface area contributed by atoms with E-state index in [9.17, 15) is 9.59 Å². The summed E-state index contributed by atoms with van der Waals surface area (Å²) >= 11 is 0. The number of aliphatic carboxylic acids is 1. The van der Waals surface area contributed by atoms with Gasteiger partial charge in [0, 0.05) is 19.0 Å². The number of carbonyl (C=O) groups excluding carboxylic acids is 1. The lowest BCUT2D eigenvalue weighted by Crippen LogP contribution is -2.39. The molecule has 14 heavy (non-hydrogen) atoms. The highest BCUT2D eigenvalue weighted by atomic mass is 16.4. The maximum absolute atomic E-state index is 11.1. The highest BCUT2D eigenvalue weighted by molar-refractivity contribution is 5.83. The molecule has 0 radical (unpaired) electrons. The van der Waals surface area contributed by atoms with Gasteiger partial charge in [-0.25, -0.2) is 0 Å². The van der Waals surface area contributed by atoms with Gasteiger partial charge in [0.05, 0.1) is 0 Å². The molecule has 1 atom stereocenters. The maximum atomic E-state index is 11.1. The first kappa shape index (κ1) is 11.0. The van der Waals surface area contributed by atoms with E-state index in [2.05, 4.69) is 10.6 Å². The Kier molecular flexibility index (Phi) is 3.88. The average Bonchev–Trinajstić information content (AvgIpc) is 2.87. The highest BCUT2D eigenvalue weighted by Gasteiger charge is 2.20. The third kappa shape index (κ3) is 4.23. The number of amides is 1. The fourth-order valence-corrected chi connectivity index (χ4v) is 1.05. The van der Waals surface area contributed by atoms with Crippen molar-refractivity contribution >= 4 is 11.9 Å². The van der Waals surface area contributed by atoms with Gasteiger partial charge in [0.2, 0.25) is 5.91 Å². The normalized spacial score (nSPS) is 17.5. The average molecular weight is 200 g/mol. The summed E-state index contributed by atoms with van der Waals surface area (Å²) < 4.78 is 0. The van der Waals surface area contributed by atoms with E-state index in [1.165, 1.54) is 19.8 Å². The van der Waals surface area contributed by atoms with E-state index >= 15 is 0 Å². The van der Waals surface area contributed by atoms with Crippen molar-refractivity contribution in [2.45, 2.75) is 38.3 Å². The first-order chi connectivity index (χ1) is 6.59. The molecule has 0 aromatic heterocycles. The van der Waals surface area contributed by atoms with Crippen molar-refractivity contribution < 1.29 is 14.7 Å². The van der Waals surface area contributed by atoms with Gasteiger partial charge in [-0.15, -0.1) is 0 Å². The van der Waals surface area contributed by atoms with Gasteiger partial charge in [-0.1, -0.05) is 0 Å². The second kappa shape index (κ2) is 4.95. The van der Waals surface area contributed by atoms with Crippen molar-refractivity contribution in [3.63, 3.8) is 0 Å². The lowest BCUT2D eigenvalue weighted by Gasteiger charge is -2.09. The summed E-state index contributed by atoms with van der Waals surface area (Å²) in [4.78, 5) is 21.5. The molecule has 0 aromatic carbocycles. The van der Waals surface area contributed by atoms with Gasteiger partial charge in [0.15, 0.2) is 0 Å². The Morgan fingerprint density at radius 3 is 2.64 bits per heavy atom. The number of hydrogen-bond acceptors (Lipinski definition) is 3. The Labute approximate surface area is 82.9 Å². The largest absolute Gasteiger partial charge is 0.480 e. The Morgan fingerprint density at radius 2 is 2.14 bits per heavy atom. The van der Waals surface area contributed by atoms with Gasteiger partial charge < -0.3 is 15.7 Å². The molecule has 1 amide bonds. The maximum Gasteiger partial charge on any atom is 0.325 e. The summed E-state index contributed by atoms with van der Waals surface area (Å²) in [5, 5.41) is 14.1. The quantitative estimate of drug-likeness (QED) is 0.551. The van der Waals surface area contributed by atoms with Crippen LogP contribution in [-0.4, -0.2) is 35.6 Å². The minimum atomic E-state index is -1.01. The van der Waals surface area contributed by atoms with Crippen molar-refractivity contribution in [2.24, 2.45) is 0 Å². The molecule has 1 aliphatic rings. The van der Waals surface area contributed by atoms with Crippen LogP contribution in [-0.2, 0) is 9.59 Å². The molecule has 0 aliphatic heterocycles. The Hall–Kier alpha value is -1.10. The SMILES string of the molecule is C[C@@H](NC(=O)CCNC1CC1)C(=O)O. The minimum Gasteiger partial charge on any atom is -0.480 e. The number of carboxylic acid groups (broad SMARTS) is 1. The molecule has 0 bridgehead atoms. The molecule has 0 unspecified atom stereocenters. The van der Waals surface area contributed by atoms with Crippen LogP contribution in [0.2, 0.25) is 0 Å². The molecule has 0 aromatic rings. The highest BCUT2D eigenvalue weighted by Crippen LogP contribution is 2.18. The van der Waals surface area contributed by atoms with Crippen LogP contribution in [0.1, 0.15) is 26.2 Å². The molecule has 3 N–H and O–H groups in total. The van der Waals surface area contributed by atoms with Crippen molar-refractivity contribution in [3.8, 4) is 0 Å². The van der Waals surface area contributed by atoms with Crippen LogP contribution < -0.4 is 10.6 Å². The van der Waals surface area contributed by atoms with Crippen molar-refractivity contribution in [2.75, 3.05) is 6.54 Å². The van der Waals surface area contributed by atoms with Gasteiger partial charge >= 0.3 is 5.97 Å². The zero-order valence-corrected chi connectivity index (χ0v) is 8.25. The molecule has 1 aliphatic carbocycles. The minimum absolute atomic E-state index is 0.215. The molecule has 0 spiro atoms.